The molecule has 3 heterocycles. The summed E-state index contributed by atoms with van der Waals surface area (Å²) in [5.74, 6) is -0.147. The van der Waals surface area contributed by atoms with E-state index in [0.29, 0.717) is 36.6 Å². The van der Waals surface area contributed by atoms with Crippen LogP contribution in [-0.2, 0) is 35.5 Å². The second-order valence-corrected chi connectivity index (χ2v) is 9.00. The third-order valence-electron chi connectivity index (χ3n) is 5.65. The first kappa shape index (κ1) is 23.3. The maximum atomic E-state index is 12.3. The van der Waals surface area contributed by atoms with Gasteiger partial charge in [0, 0.05) is 29.3 Å². The minimum atomic E-state index is -0.462. The van der Waals surface area contributed by atoms with E-state index in [2.05, 4.69) is 21.8 Å². The number of amides is 2. The molecular weight excluding hydrogens is 454 g/mol. The Morgan fingerprint density at radius 2 is 2.32 bits per heavy atom. The Morgan fingerprint density at radius 3 is 3.09 bits per heavy atom. The van der Waals surface area contributed by atoms with Gasteiger partial charge in [-0.3, -0.25) is 9.48 Å². The monoisotopic (exact) mass is 479 g/mol. The molecule has 1 aliphatic carbocycles. The van der Waals surface area contributed by atoms with Gasteiger partial charge >= 0.3 is 6.09 Å². The van der Waals surface area contributed by atoms with Gasteiger partial charge < -0.3 is 19.8 Å². The number of carbonyl (C=O) groups is 2. The van der Waals surface area contributed by atoms with Crippen LogP contribution >= 0.6 is 11.3 Å². The number of carbonyl (C=O) groups excluding carboxylic acids is 2. The van der Waals surface area contributed by atoms with Gasteiger partial charge in [-0.1, -0.05) is 0 Å². The van der Waals surface area contributed by atoms with Gasteiger partial charge in [0.05, 0.1) is 36.9 Å². The Morgan fingerprint density at radius 1 is 1.44 bits per heavy atom. The summed E-state index contributed by atoms with van der Waals surface area (Å²) in [7, 11) is 0. The number of aryl methyl sites for hydroxylation is 1. The molecule has 1 unspecified atom stereocenters. The highest BCUT2D eigenvalue weighted by atomic mass is 32.1. The van der Waals surface area contributed by atoms with Crippen LogP contribution in [-0.4, -0.2) is 28.4 Å². The number of thiophene rings is 1. The highest BCUT2D eigenvalue weighted by molar-refractivity contribution is 7.16. The number of hydrogen-bond donors (Lipinski definition) is 2. The number of hydrogen-bond acceptors (Lipinski definition) is 7. The highest BCUT2D eigenvalue weighted by Gasteiger charge is 2.27. The van der Waals surface area contributed by atoms with Crippen LogP contribution < -0.4 is 10.6 Å². The van der Waals surface area contributed by atoms with Crippen molar-refractivity contribution in [3.05, 3.63) is 64.2 Å². The fourth-order valence-electron chi connectivity index (χ4n) is 3.90. The molecule has 176 valence electrons. The van der Waals surface area contributed by atoms with E-state index in [1.54, 1.807) is 18.3 Å². The van der Waals surface area contributed by atoms with Crippen molar-refractivity contribution in [3.8, 4) is 6.07 Å². The van der Waals surface area contributed by atoms with E-state index >= 15 is 0 Å². The lowest BCUT2D eigenvalue weighted by atomic mass is 9.88. The minimum Gasteiger partial charge on any atom is -0.472 e. The molecule has 1 aliphatic rings. The predicted octanol–water partition coefficient (Wildman–Crippen LogP) is 4.11. The molecule has 3 aromatic heterocycles. The van der Waals surface area contributed by atoms with Gasteiger partial charge in [-0.25, -0.2) is 4.79 Å². The largest absolute Gasteiger partial charge is 0.472 e. The number of furan rings is 1. The van der Waals surface area contributed by atoms with Gasteiger partial charge in [-0.15, -0.1) is 11.3 Å². The van der Waals surface area contributed by atoms with E-state index in [4.69, 9.17) is 9.15 Å². The predicted molar refractivity (Wildman–Crippen MR) is 127 cm³/mol. The molecule has 0 spiro atoms. The molecule has 0 aliphatic heterocycles. The molecule has 3 aromatic rings. The SMILES string of the molecule is CCn1nccc1CNC(=O)OCC1CCc2c(sc(NC(=O)C=Cc3ccoc3)c2C#N)C1. The van der Waals surface area contributed by atoms with E-state index in [1.807, 2.05) is 17.7 Å². The Labute approximate surface area is 201 Å². The van der Waals surface area contributed by atoms with E-state index in [-0.39, 0.29) is 11.8 Å². The summed E-state index contributed by atoms with van der Waals surface area (Å²) in [4.78, 5) is 25.5. The first-order valence-electron chi connectivity index (χ1n) is 11.0. The van der Waals surface area contributed by atoms with Gasteiger partial charge in [0.15, 0.2) is 0 Å². The zero-order valence-corrected chi connectivity index (χ0v) is 19.6. The number of nitrogens with one attached hydrogen (secondary N) is 2. The van der Waals surface area contributed by atoms with E-state index in [0.717, 1.165) is 34.7 Å². The van der Waals surface area contributed by atoms with Crippen LogP contribution in [0.3, 0.4) is 0 Å². The number of ether oxygens (including phenoxy) is 1. The van der Waals surface area contributed by atoms with Gasteiger partial charge in [0.1, 0.15) is 11.1 Å². The highest BCUT2D eigenvalue weighted by Crippen LogP contribution is 2.39. The summed E-state index contributed by atoms with van der Waals surface area (Å²) in [6.07, 6.45) is 9.58. The van der Waals surface area contributed by atoms with Gasteiger partial charge in [-0.05, 0) is 55.9 Å². The maximum Gasteiger partial charge on any atom is 0.407 e. The van der Waals surface area contributed by atoms with Crippen molar-refractivity contribution in [1.82, 2.24) is 15.1 Å². The summed E-state index contributed by atoms with van der Waals surface area (Å²) >= 11 is 1.42. The molecule has 34 heavy (non-hydrogen) atoms. The normalized spacial score (nSPS) is 15.0. The van der Waals surface area contributed by atoms with E-state index < -0.39 is 6.09 Å². The van der Waals surface area contributed by atoms with Crippen LogP contribution in [0.4, 0.5) is 9.80 Å². The number of aromatic nitrogens is 2. The quantitative estimate of drug-likeness (QED) is 0.469. The Kier molecular flexibility index (Phi) is 7.44. The molecule has 2 N–H and O–H groups in total. The fraction of sp³-hybridized carbons (Fsp3) is 0.333. The van der Waals surface area contributed by atoms with Gasteiger partial charge in [0.25, 0.3) is 0 Å². The second-order valence-electron chi connectivity index (χ2n) is 7.90. The Balaban J connectivity index is 1.30. The lowest BCUT2D eigenvalue weighted by Crippen LogP contribution is -2.28. The average molecular weight is 480 g/mol. The number of anilines is 1. The fourth-order valence-corrected chi connectivity index (χ4v) is 5.22. The number of nitriles is 1. The van der Waals surface area contributed by atoms with Crippen molar-refractivity contribution in [2.45, 2.75) is 39.3 Å². The molecule has 0 saturated heterocycles. The summed E-state index contributed by atoms with van der Waals surface area (Å²) in [5.41, 5.74) is 3.20. The van der Waals surface area contributed by atoms with Crippen molar-refractivity contribution in [2.24, 2.45) is 5.92 Å². The van der Waals surface area contributed by atoms with Crippen LogP contribution in [0, 0.1) is 17.2 Å². The summed E-state index contributed by atoms with van der Waals surface area (Å²) < 4.78 is 12.2. The van der Waals surface area contributed by atoms with Crippen molar-refractivity contribution in [2.75, 3.05) is 11.9 Å². The third kappa shape index (κ3) is 5.55. The third-order valence-corrected chi connectivity index (χ3v) is 6.82. The molecule has 4 rings (SSSR count). The number of alkyl carbamates (subject to hydrolysis) is 1. The molecular formula is C24H25N5O4S. The van der Waals surface area contributed by atoms with Crippen LogP contribution in [0.2, 0.25) is 0 Å². The standard InChI is InChI=1S/C24H25N5O4S/c1-2-29-18(7-9-27-29)13-26-24(31)33-15-17-3-5-19-20(12-25)23(34-21(19)11-17)28-22(30)6-4-16-8-10-32-14-16/h4,6-10,14,17H,2-3,5,11,13,15H2,1H3,(H,26,31)(H,28,30). The van der Waals surface area contributed by atoms with Gasteiger partial charge in [-0.2, -0.15) is 10.4 Å². The maximum absolute atomic E-state index is 12.3. The average Bonchev–Trinajstić information content (AvgIpc) is 3.59. The van der Waals surface area contributed by atoms with E-state index in [9.17, 15) is 14.9 Å². The van der Waals surface area contributed by atoms with Crippen molar-refractivity contribution in [3.63, 3.8) is 0 Å². The van der Waals surface area contributed by atoms with Crippen molar-refractivity contribution < 1.29 is 18.7 Å². The lowest BCUT2D eigenvalue weighted by molar-refractivity contribution is -0.111. The van der Waals surface area contributed by atoms with Crippen LogP contribution in [0.15, 0.2) is 41.3 Å². The zero-order valence-electron chi connectivity index (χ0n) is 18.7. The van der Waals surface area contributed by atoms with E-state index in [1.165, 1.54) is 29.9 Å². The lowest BCUT2D eigenvalue weighted by Gasteiger charge is -2.21. The smallest absolute Gasteiger partial charge is 0.407 e. The molecule has 0 radical (unpaired) electrons. The van der Waals surface area contributed by atoms with Crippen LogP contribution in [0.5, 0.6) is 0 Å². The minimum absolute atomic E-state index is 0.161. The molecule has 0 aromatic carbocycles. The first-order valence-corrected chi connectivity index (χ1v) is 11.9. The molecule has 0 fully saturated rings. The zero-order chi connectivity index (χ0) is 23.9. The molecule has 0 saturated carbocycles. The van der Waals surface area contributed by atoms with Crippen molar-refractivity contribution in [1.29, 1.82) is 5.26 Å². The van der Waals surface area contributed by atoms with Crippen LogP contribution in [0.25, 0.3) is 6.08 Å². The van der Waals surface area contributed by atoms with Gasteiger partial charge in [0.2, 0.25) is 5.91 Å². The first-order chi connectivity index (χ1) is 16.6. The topological polar surface area (TPSA) is 122 Å². The number of rotatable bonds is 8. The molecule has 1 atom stereocenters. The second kappa shape index (κ2) is 10.9. The molecule has 0 bridgehead atoms. The summed E-state index contributed by atoms with van der Waals surface area (Å²) in [6, 6.07) is 5.85. The summed E-state index contributed by atoms with van der Waals surface area (Å²) in [6.45, 7) is 3.38. The molecule has 2 amide bonds. The van der Waals surface area contributed by atoms with Crippen molar-refractivity contribution >= 4 is 34.4 Å². The molecule has 10 heteroatoms. The van der Waals surface area contributed by atoms with Crippen LogP contribution in [0.1, 0.15) is 40.6 Å². The number of fused-ring (bicyclic) bond motifs is 1. The number of nitrogens with zero attached hydrogens (tertiary/aromatic N) is 3. The summed E-state index contributed by atoms with van der Waals surface area (Å²) in [5, 5.41) is 20.0. The molecule has 9 nitrogen and oxygen atoms in total. The Hall–Kier alpha value is -3.84. The Bertz CT molecular complexity index is 1220.